The maximum atomic E-state index is 13.5. The van der Waals surface area contributed by atoms with Crippen LogP contribution in [0.5, 0.6) is 0 Å². The summed E-state index contributed by atoms with van der Waals surface area (Å²) >= 11 is 0. The summed E-state index contributed by atoms with van der Waals surface area (Å²) in [6.45, 7) is 0. The van der Waals surface area contributed by atoms with Gasteiger partial charge in [0.1, 0.15) is 5.82 Å². The first kappa shape index (κ1) is 22.8. The molecule has 3 N–H and O–H groups in total. The lowest BCUT2D eigenvalue weighted by Gasteiger charge is -2.55. The Balaban J connectivity index is 0.961. The number of aromatic nitrogens is 2. The number of nitrogens with zero attached hydrogens (tertiary/aromatic N) is 1. The first-order valence-corrected chi connectivity index (χ1v) is 14.7. The Hall–Kier alpha value is -3.15. The molecule has 0 spiro atoms. The van der Waals surface area contributed by atoms with E-state index in [2.05, 4.69) is 15.6 Å². The van der Waals surface area contributed by atoms with Crippen molar-refractivity contribution >= 4 is 34.2 Å². The molecule has 6 saturated carbocycles. The topological polar surface area (TPSA) is 86.9 Å². The molecule has 9 rings (SSSR count). The third-order valence-electron chi connectivity index (χ3n) is 10.8. The second kappa shape index (κ2) is 8.42. The van der Waals surface area contributed by atoms with Gasteiger partial charge in [-0.05, 0) is 130 Å². The molecule has 0 saturated heterocycles. The smallest absolute Gasteiger partial charge is 0.230 e. The summed E-state index contributed by atoms with van der Waals surface area (Å²) in [7, 11) is 0. The molecule has 38 heavy (non-hydrogen) atoms. The van der Waals surface area contributed by atoms with Crippen molar-refractivity contribution < 1.29 is 9.59 Å². The molecule has 2 amide bonds. The van der Waals surface area contributed by atoms with Crippen LogP contribution in [0.2, 0.25) is 0 Å². The lowest BCUT2D eigenvalue weighted by atomic mass is 9.49. The standard InChI is InChI=1S/C32H36N4O2/c37-30(26-13-18-1-2-23(26)12-18)33-24-5-3-22(4-6-24)29-35-27-8-7-25(14-28(27)36-29)34-31(38)32-15-19-9-20(16-32)11-21(10-19)17-32/h3-8,14,18-21,23,26H,1-2,9-13,15-17H2,(H,33,37)(H,34,38)(H,35,36). The van der Waals surface area contributed by atoms with Crippen LogP contribution in [-0.2, 0) is 9.59 Å². The largest absolute Gasteiger partial charge is 0.338 e. The van der Waals surface area contributed by atoms with Crippen LogP contribution in [0.3, 0.4) is 0 Å². The van der Waals surface area contributed by atoms with Gasteiger partial charge in [0, 0.05) is 22.9 Å². The van der Waals surface area contributed by atoms with E-state index < -0.39 is 0 Å². The predicted octanol–water partition coefficient (Wildman–Crippen LogP) is 6.76. The first-order chi connectivity index (χ1) is 18.5. The number of hydrogen-bond donors (Lipinski definition) is 3. The van der Waals surface area contributed by atoms with Crippen LogP contribution in [0.1, 0.15) is 64.2 Å². The highest BCUT2D eigenvalue weighted by Gasteiger charge is 2.54. The molecule has 1 aromatic heterocycles. The number of nitrogens with one attached hydrogen (secondary N) is 3. The second-order valence-electron chi connectivity index (χ2n) is 13.3. The van der Waals surface area contributed by atoms with Crippen molar-refractivity contribution in [1.82, 2.24) is 9.97 Å². The summed E-state index contributed by atoms with van der Waals surface area (Å²) in [5.41, 5.74) is 4.29. The number of carbonyl (C=O) groups excluding carboxylic acids is 2. The van der Waals surface area contributed by atoms with E-state index in [1.165, 1.54) is 38.5 Å². The number of fused-ring (bicyclic) bond motifs is 3. The minimum absolute atomic E-state index is 0.155. The third-order valence-corrected chi connectivity index (χ3v) is 10.8. The summed E-state index contributed by atoms with van der Waals surface area (Å²) in [5, 5.41) is 6.41. The number of aromatic amines is 1. The SMILES string of the molecule is O=C(Nc1ccc(-c2nc3ccc(NC(=O)C45CC6CC(CC(C6)C4)C5)cc3[nH]2)cc1)C1CC2CCC1C2. The molecule has 6 heteroatoms. The number of anilines is 2. The van der Waals surface area contributed by atoms with E-state index in [0.717, 1.165) is 83.2 Å². The number of hydrogen-bond acceptors (Lipinski definition) is 3. The second-order valence-corrected chi connectivity index (χ2v) is 13.3. The maximum absolute atomic E-state index is 13.5. The fraction of sp³-hybridized carbons (Fsp3) is 0.531. The molecule has 6 fully saturated rings. The van der Waals surface area contributed by atoms with Gasteiger partial charge in [0.15, 0.2) is 0 Å². The van der Waals surface area contributed by atoms with E-state index in [4.69, 9.17) is 4.98 Å². The summed E-state index contributed by atoms with van der Waals surface area (Å²) in [5.74, 6) is 4.97. The predicted molar refractivity (Wildman–Crippen MR) is 148 cm³/mol. The van der Waals surface area contributed by atoms with Gasteiger partial charge < -0.3 is 15.6 Å². The fourth-order valence-corrected chi connectivity index (χ4v) is 9.39. The molecule has 6 bridgehead atoms. The molecule has 1 heterocycles. The van der Waals surface area contributed by atoms with E-state index >= 15 is 0 Å². The van der Waals surface area contributed by atoms with Crippen molar-refractivity contribution in [1.29, 1.82) is 0 Å². The number of imidazole rings is 1. The highest BCUT2D eigenvalue weighted by atomic mass is 16.2. The van der Waals surface area contributed by atoms with Crippen LogP contribution in [0.25, 0.3) is 22.4 Å². The van der Waals surface area contributed by atoms with Crippen molar-refractivity contribution in [3.05, 3.63) is 42.5 Å². The molecule has 0 radical (unpaired) electrons. The first-order valence-electron chi connectivity index (χ1n) is 14.7. The Bertz CT molecular complexity index is 1390. The Labute approximate surface area is 223 Å². The van der Waals surface area contributed by atoms with Gasteiger partial charge in [-0.2, -0.15) is 0 Å². The van der Waals surface area contributed by atoms with E-state index in [0.29, 0.717) is 5.92 Å². The molecule has 6 aliphatic rings. The molecule has 3 unspecified atom stereocenters. The fourth-order valence-electron chi connectivity index (χ4n) is 9.39. The van der Waals surface area contributed by atoms with Gasteiger partial charge in [-0.3, -0.25) is 9.59 Å². The Morgan fingerprint density at radius 3 is 2.16 bits per heavy atom. The molecule has 6 nitrogen and oxygen atoms in total. The monoisotopic (exact) mass is 508 g/mol. The molecule has 6 aliphatic carbocycles. The Kier molecular flexibility index (Phi) is 5.05. The van der Waals surface area contributed by atoms with Crippen LogP contribution in [0.4, 0.5) is 11.4 Å². The number of rotatable bonds is 5. The van der Waals surface area contributed by atoms with Crippen molar-refractivity contribution in [2.24, 2.45) is 40.9 Å². The van der Waals surface area contributed by atoms with Crippen LogP contribution in [0, 0.1) is 40.9 Å². The summed E-state index contributed by atoms with van der Waals surface area (Å²) in [4.78, 5) is 34.5. The van der Waals surface area contributed by atoms with Gasteiger partial charge in [0.2, 0.25) is 11.8 Å². The highest BCUT2D eigenvalue weighted by molar-refractivity contribution is 5.97. The minimum atomic E-state index is -0.155. The van der Waals surface area contributed by atoms with E-state index in [9.17, 15) is 9.59 Å². The zero-order chi connectivity index (χ0) is 25.4. The van der Waals surface area contributed by atoms with Crippen molar-refractivity contribution in [3.8, 4) is 11.4 Å². The van der Waals surface area contributed by atoms with Crippen molar-refractivity contribution in [2.45, 2.75) is 64.2 Å². The molecule has 3 aromatic rings. The van der Waals surface area contributed by atoms with Gasteiger partial charge in [-0.15, -0.1) is 0 Å². The van der Waals surface area contributed by atoms with Crippen LogP contribution in [0.15, 0.2) is 42.5 Å². The molecule has 0 aliphatic heterocycles. The van der Waals surface area contributed by atoms with E-state index in [-0.39, 0.29) is 23.1 Å². The number of H-pyrrole nitrogens is 1. The zero-order valence-electron chi connectivity index (χ0n) is 21.8. The zero-order valence-corrected chi connectivity index (χ0v) is 21.8. The average molecular weight is 509 g/mol. The summed E-state index contributed by atoms with van der Waals surface area (Å²) < 4.78 is 0. The lowest BCUT2D eigenvalue weighted by molar-refractivity contribution is -0.140. The lowest BCUT2D eigenvalue weighted by Crippen LogP contribution is -2.51. The van der Waals surface area contributed by atoms with Crippen LogP contribution >= 0.6 is 0 Å². The van der Waals surface area contributed by atoms with Gasteiger partial charge >= 0.3 is 0 Å². The van der Waals surface area contributed by atoms with Gasteiger partial charge in [-0.25, -0.2) is 4.98 Å². The normalized spacial score (nSPS) is 34.6. The Morgan fingerprint density at radius 1 is 0.789 bits per heavy atom. The number of benzene rings is 2. The summed E-state index contributed by atoms with van der Waals surface area (Å²) in [6.07, 6.45) is 12.0. The molecular formula is C32H36N4O2. The maximum Gasteiger partial charge on any atom is 0.230 e. The van der Waals surface area contributed by atoms with Gasteiger partial charge in [0.25, 0.3) is 0 Å². The third kappa shape index (κ3) is 3.78. The molecule has 3 atom stereocenters. The highest BCUT2D eigenvalue weighted by Crippen LogP contribution is 2.60. The Morgan fingerprint density at radius 2 is 1.50 bits per heavy atom. The molecule has 196 valence electrons. The number of amides is 2. The number of carbonyl (C=O) groups is 2. The van der Waals surface area contributed by atoms with Crippen LogP contribution < -0.4 is 10.6 Å². The summed E-state index contributed by atoms with van der Waals surface area (Å²) in [6, 6.07) is 13.9. The molecular weight excluding hydrogens is 472 g/mol. The van der Waals surface area contributed by atoms with E-state index in [1.54, 1.807) is 0 Å². The quantitative estimate of drug-likeness (QED) is 0.356. The van der Waals surface area contributed by atoms with Gasteiger partial charge in [0.05, 0.1) is 16.4 Å². The van der Waals surface area contributed by atoms with Gasteiger partial charge in [-0.1, -0.05) is 6.42 Å². The van der Waals surface area contributed by atoms with Crippen molar-refractivity contribution in [3.63, 3.8) is 0 Å². The average Bonchev–Trinajstić information content (AvgIpc) is 3.64. The van der Waals surface area contributed by atoms with Crippen molar-refractivity contribution in [2.75, 3.05) is 10.6 Å². The van der Waals surface area contributed by atoms with Crippen LogP contribution in [-0.4, -0.2) is 21.8 Å². The minimum Gasteiger partial charge on any atom is -0.338 e. The van der Waals surface area contributed by atoms with E-state index in [1.807, 2.05) is 42.5 Å². The molecule has 2 aromatic carbocycles.